The van der Waals surface area contributed by atoms with Crippen LogP contribution in [0.4, 0.5) is 10.1 Å². The van der Waals surface area contributed by atoms with Gasteiger partial charge < -0.3 is 19.3 Å². The number of piperidine rings is 1. The molecule has 30 heavy (non-hydrogen) atoms. The summed E-state index contributed by atoms with van der Waals surface area (Å²) in [6.45, 7) is 3.65. The first-order valence-electron chi connectivity index (χ1n) is 10.1. The molecule has 9 heteroatoms. The van der Waals surface area contributed by atoms with Gasteiger partial charge in [-0.05, 0) is 31.0 Å². The highest BCUT2D eigenvalue weighted by atomic mass is 19.1. The van der Waals surface area contributed by atoms with E-state index in [4.69, 9.17) is 9.47 Å². The van der Waals surface area contributed by atoms with Crippen molar-refractivity contribution in [1.82, 2.24) is 14.7 Å². The van der Waals surface area contributed by atoms with Gasteiger partial charge in [0, 0.05) is 37.8 Å². The Morgan fingerprint density at radius 1 is 1.23 bits per heavy atom. The number of carbonyl (C=O) groups excluding carboxylic acids is 1. The minimum absolute atomic E-state index is 0.0965. The maximum atomic E-state index is 14.0. The molecule has 2 aliphatic rings. The summed E-state index contributed by atoms with van der Waals surface area (Å²) in [6, 6.07) is 5.57. The SMILES string of the molecule is COc1ccc(C(=O)N2CCCC(n3ncc(N4CCOCC4)cc3=O)C2)cc1F. The van der Waals surface area contributed by atoms with Crippen LogP contribution < -0.4 is 15.2 Å². The molecule has 8 nitrogen and oxygen atoms in total. The number of anilines is 1. The van der Waals surface area contributed by atoms with Crippen molar-refractivity contribution in [3.63, 3.8) is 0 Å². The second kappa shape index (κ2) is 8.83. The summed E-state index contributed by atoms with van der Waals surface area (Å²) >= 11 is 0. The summed E-state index contributed by atoms with van der Waals surface area (Å²) in [5.41, 5.74) is 0.864. The van der Waals surface area contributed by atoms with Crippen LogP contribution >= 0.6 is 0 Å². The van der Waals surface area contributed by atoms with Gasteiger partial charge in [-0.2, -0.15) is 5.10 Å². The number of nitrogens with zero attached hydrogens (tertiary/aromatic N) is 4. The van der Waals surface area contributed by atoms with Gasteiger partial charge in [0.15, 0.2) is 11.6 Å². The van der Waals surface area contributed by atoms with Gasteiger partial charge in [0.05, 0.1) is 38.2 Å². The van der Waals surface area contributed by atoms with E-state index in [9.17, 15) is 14.0 Å². The van der Waals surface area contributed by atoms with E-state index in [0.717, 1.165) is 31.6 Å². The highest BCUT2D eigenvalue weighted by molar-refractivity contribution is 5.94. The molecule has 2 saturated heterocycles. The average molecular weight is 416 g/mol. The lowest BCUT2D eigenvalue weighted by atomic mass is 10.0. The van der Waals surface area contributed by atoms with E-state index in [-0.39, 0.29) is 28.8 Å². The number of halogens is 1. The van der Waals surface area contributed by atoms with Gasteiger partial charge in [-0.25, -0.2) is 9.07 Å². The Bertz CT molecular complexity index is 974. The Balaban J connectivity index is 1.49. The van der Waals surface area contributed by atoms with Crippen LogP contribution in [-0.4, -0.2) is 67.1 Å². The Morgan fingerprint density at radius 2 is 2.03 bits per heavy atom. The number of morpholine rings is 1. The third-order valence-electron chi connectivity index (χ3n) is 5.62. The third-order valence-corrected chi connectivity index (χ3v) is 5.62. The molecule has 0 spiro atoms. The van der Waals surface area contributed by atoms with Crippen LogP contribution in [0.25, 0.3) is 0 Å². The van der Waals surface area contributed by atoms with Gasteiger partial charge in [0.1, 0.15) is 0 Å². The highest BCUT2D eigenvalue weighted by Gasteiger charge is 2.27. The number of amides is 1. The molecule has 1 aromatic heterocycles. The van der Waals surface area contributed by atoms with E-state index in [0.29, 0.717) is 26.3 Å². The number of carbonyl (C=O) groups is 1. The monoisotopic (exact) mass is 416 g/mol. The second-order valence-electron chi connectivity index (χ2n) is 7.49. The zero-order valence-electron chi connectivity index (χ0n) is 16.9. The predicted molar refractivity (Wildman–Crippen MR) is 109 cm³/mol. The largest absolute Gasteiger partial charge is 0.494 e. The van der Waals surface area contributed by atoms with Crippen LogP contribution in [0.2, 0.25) is 0 Å². The number of rotatable bonds is 4. The van der Waals surface area contributed by atoms with Crippen LogP contribution in [0, 0.1) is 5.82 Å². The molecule has 0 aliphatic carbocycles. The molecule has 4 rings (SSSR count). The molecule has 1 aromatic carbocycles. The van der Waals surface area contributed by atoms with E-state index in [1.807, 2.05) is 0 Å². The van der Waals surface area contributed by atoms with Crippen molar-refractivity contribution in [3.8, 4) is 5.75 Å². The Hall–Kier alpha value is -2.94. The van der Waals surface area contributed by atoms with Crippen molar-refractivity contribution in [1.29, 1.82) is 0 Å². The molecular weight excluding hydrogens is 391 g/mol. The maximum Gasteiger partial charge on any atom is 0.269 e. The second-order valence-corrected chi connectivity index (χ2v) is 7.49. The number of aromatic nitrogens is 2. The van der Waals surface area contributed by atoms with Crippen molar-refractivity contribution in [2.45, 2.75) is 18.9 Å². The van der Waals surface area contributed by atoms with Crippen LogP contribution in [0.3, 0.4) is 0 Å². The summed E-state index contributed by atoms with van der Waals surface area (Å²) in [5, 5.41) is 4.39. The molecule has 1 unspecified atom stereocenters. The molecule has 0 saturated carbocycles. The maximum absolute atomic E-state index is 14.0. The fourth-order valence-corrected chi connectivity index (χ4v) is 4.00. The smallest absolute Gasteiger partial charge is 0.269 e. The summed E-state index contributed by atoms with van der Waals surface area (Å²) in [6.07, 6.45) is 3.20. The fraction of sp³-hybridized carbons (Fsp3) is 0.476. The summed E-state index contributed by atoms with van der Waals surface area (Å²) < 4.78 is 25.7. The zero-order chi connectivity index (χ0) is 21.1. The van der Waals surface area contributed by atoms with Crippen LogP contribution in [-0.2, 0) is 4.74 Å². The molecule has 160 valence electrons. The number of likely N-dealkylation sites (tertiary alicyclic amines) is 1. The predicted octanol–water partition coefficient (Wildman–Crippen LogP) is 1.70. The summed E-state index contributed by atoms with van der Waals surface area (Å²) in [4.78, 5) is 29.3. The molecule has 0 radical (unpaired) electrons. The average Bonchev–Trinajstić information content (AvgIpc) is 2.79. The van der Waals surface area contributed by atoms with Crippen molar-refractivity contribution in [2.24, 2.45) is 0 Å². The third kappa shape index (κ3) is 4.16. The van der Waals surface area contributed by atoms with Crippen LogP contribution in [0.1, 0.15) is 29.2 Å². The van der Waals surface area contributed by atoms with Gasteiger partial charge in [-0.3, -0.25) is 9.59 Å². The Labute approximate surface area is 173 Å². The van der Waals surface area contributed by atoms with E-state index in [1.165, 1.54) is 23.9 Å². The van der Waals surface area contributed by atoms with Crippen molar-refractivity contribution >= 4 is 11.6 Å². The normalized spacial score (nSPS) is 19.6. The molecule has 0 N–H and O–H groups in total. The standard InChI is InChI=1S/C21H25FN4O4/c1-29-19-5-4-15(11-18(19)22)21(28)25-6-2-3-16(14-25)26-20(27)12-17(13-23-26)24-7-9-30-10-8-24/h4-5,11-13,16H,2-3,6-10,14H2,1H3. The minimum atomic E-state index is -0.575. The molecule has 1 amide bonds. The van der Waals surface area contributed by atoms with E-state index < -0.39 is 5.82 Å². The Morgan fingerprint density at radius 3 is 2.73 bits per heavy atom. The van der Waals surface area contributed by atoms with E-state index >= 15 is 0 Å². The quantitative estimate of drug-likeness (QED) is 0.755. The number of ether oxygens (including phenoxy) is 2. The van der Waals surface area contributed by atoms with E-state index in [1.54, 1.807) is 23.2 Å². The lowest BCUT2D eigenvalue weighted by Crippen LogP contribution is -2.44. The summed E-state index contributed by atoms with van der Waals surface area (Å²) in [7, 11) is 1.38. The minimum Gasteiger partial charge on any atom is -0.494 e. The molecule has 1 atom stereocenters. The molecule has 2 aromatic rings. The molecular formula is C21H25FN4O4. The van der Waals surface area contributed by atoms with Gasteiger partial charge in [0.25, 0.3) is 11.5 Å². The summed E-state index contributed by atoms with van der Waals surface area (Å²) in [5.74, 6) is -0.744. The first kappa shape index (κ1) is 20.3. The molecule has 3 heterocycles. The zero-order valence-corrected chi connectivity index (χ0v) is 16.9. The number of benzene rings is 1. The van der Waals surface area contributed by atoms with Crippen molar-refractivity contribution < 1.29 is 18.7 Å². The highest BCUT2D eigenvalue weighted by Crippen LogP contribution is 2.24. The van der Waals surface area contributed by atoms with Crippen molar-refractivity contribution in [2.75, 3.05) is 51.4 Å². The fourth-order valence-electron chi connectivity index (χ4n) is 4.00. The number of hydrogen-bond acceptors (Lipinski definition) is 6. The Kier molecular flexibility index (Phi) is 5.98. The lowest BCUT2D eigenvalue weighted by molar-refractivity contribution is 0.0669. The van der Waals surface area contributed by atoms with Gasteiger partial charge >= 0.3 is 0 Å². The number of methoxy groups -OCH3 is 1. The van der Waals surface area contributed by atoms with Crippen molar-refractivity contribution in [3.05, 3.63) is 52.2 Å². The van der Waals surface area contributed by atoms with Gasteiger partial charge in [-0.1, -0.05) is 0 Å². The molecule has 2 fully saturated rings. The van der Waals surface area contributed by atoms with Gasteiger partial charge in [0.2, 0.25) is 0 Å². The topological polar surface area (TPSA) is 76.9 Å². The first-order valence-corrected chi connectivity index (χ1v) is 10.1. The first-order chi connectivity index (χ1) is 14.6. The van der Waals surface area contributed by atoms with Crippen LogP contribution in [0.5, 0.6) is 5.75 Å². The molecule has 2 aliphatic heterocycles. The molecule has 0 bridgehead atoms. The van der Waals surface area contributed by atoms with Crippen LogP contribution in [0.15, 0.2) is 35.3 Å². The van der Waals surface area contributed by atoms with E-state index in [2.05, 4.69) is 10.00 Å². The lowest BCUT2D eigenvalue weighted by Gasteiger charge is -2.33. The number of hydrogen-bond donors (Lipinski definition) is 0. The van der Waals surface area contributed by atoms with Gasteiger partial charge in [-0.15, -0.1) is 0 Å².